The van der Waals surface area contributed by atoms with E-state index in [0.29, 0.717) is 12.1 Å². The van der Waals surface area contributed by atoms with Crippen molar-refractivity contribution in [3.05, 3.63) is 58.1 Å². The Labute approximate surface area is 163 Å². The van der Waals surface area contributed by atoms with Crippen LogP contribution in [0, 0.1) is 0 Å². The Balaban J connectivity index is 2.41. The second kappa shape index (κ2) is 7.86. The number of phosphoric acid groups is 1. The molecule has 0 saturated heterocycles. The van der Waals surface area contributed by atoms with E-state index in [2.05, 4.69) is 4.52 Å². The fourth-order valence-corrected chi connectivity index (χ4v) is 2.72. The van der Waals surface area contributed by atoms with E-state index in [1.54, 1.807) is 0 Å². The fraction of sp³-hybridized carbons (Fsp3) is 0.133. The number of amides is 1. The molecule has 0 bridgehead atoms. The number of alkyl halides is 6. The lowest BCUT2D eigenvalue weighted by Gasteiger charge is -2.15. The van der Waals surface area contributed by atoms with Gasteiger partial charge in [0, 0.05) is 16.3 Å². The predicted molar refractivity (Wildman–Crippen MR) is 88.5 cm³/mol. The lowest BCUT2D eigenvalue weighted by molar-refractivity contribution is -0.143. The van der Waals surface area contributed by atoms with Crippen molar-refractivity contribution in [1.29, 1.82) is 0 Å². The maximum Gasteiger partial charge on any atom is 0.524 e. The standard InChI is InChI=1S/C15H9ClF6NO5P/c16-10-1-7(2-12(6-10)28-29(25,26)27)13(24)23-11-4-8(14(17,18)19)3-9(5-11)15(20,21)22/h1-6H,(H,23,24)(H2,25,26,27). The van der Waals surface area contributed by atoms with Crippen molar-refractivity contribution in [1.82, 2.24) is 0 Å². The molecule has 2 aromatic carbocycles. The minimum absolute atomic E-state index is 0.110. The third-order valence-electron chi connectivity index (χ3n) is 3.20. The van der Waals surface area contributed by atoms with Crippen LogP contribution >= 0.6 is 19.4 Å². The van der Waals surface area contributed by atoms with E-state index >= 15 is 0 Å². The van der Waals surface area contributed by atoms with E-state index in [9.17, 15) is 35.7 Å². The monoisotopic (exact) mass is 463 g/mol. The van der Waals surface area contributed by atoms with E-state index < -0.39 is 54.2 Å². The van der Waals surface area contributed by atoms with Crippen molar-refractivity contribution in [3.8, 4) is 5.75 Å². The summed E-state index contributed by atoms with van der Waals surface area (Å²) in [6.45, 7) is 0. The summed E-state index contributed by atoms with van der Waals surface area (Å²) in [4.78, 5) is 29.8. The van der Waals surface area contributed by atoms with Gasteiger partial charge in [-0.25, -0.2) is 4.57 Å². The van der Waals surface area contributed by atoms with Gasteiger partial charge < -0.3 is 9.84 Å². The van der Waals surface area contributed by atoms with Gasteiger partial charge in [-0.15, -0.1) is 0 Å². The molecule has 158 valence electrons. The normalized spacial score (nSPS) is 12.6. The number of nitrogens with one attached hydrogen (secondary N) is 1. The second-order valence-electron chi connectivity index (χ2n) is 5.51. The van der Waals surface area contributed by atoms with Crippen LogP contribution in [0.5, 0.6) is 5.75 Å². The summed E-state index contributed by atoms with van der Waals surface area (Å²) >= 11 is 5.69. The Hall–Kier alpha value is -2.27. The summed E-state index contributed by atoms with van der Waals surface area (Å²) in [7, 11) is -5.01. The number of halogens is 7. The third-order valence-corrected chi connectivity index (χ3v) is 3.87. The SMILES string of the molecule is O=C(Nc1cc(C(F)(F)F)cc(C(F)(F)F)c1)c1cc(Cl)cc(OP(=O)(O)O)c1. The van der Waals surface area contributed by atoms with Crippen LogP contribution in [0.1, 0.15) is 21.5 Å². The van der Waals surface area contributed by atoms with Gasteiger partial charge in [0.1, 0.15) is 5.75 Å². The average Bonchev–Trinajstić information content (AvgIpc) is 2.50. The first-order valence-electron chi connectivity index (χ1n) is 7.21. The first kappa shape index (κ1) is 23.0. The molecule has 0 fully saturated rings. The van der Waals surface area contributed by atoms with Crippen molar-refractivity contribution >= 4 is 31.0 Å². The van der Waals surface area contributed by atoms with E-state index in [-0.39, 0.29) is 11.1 Å². The maximum absolute atomic E-state index is 12.9. The van der Waals surface area contributed by atoms with Crippen molar-refractivity contribution in [2.24, 2.45) is 0 Å². The smallest absolute Gasteiger partial charge is 0.404 e. The lowest BCUT2D eigenvalue weighted by atomic mass is 10.1. The number of rotatable bonds is 4. The minimum Gasteiger partial charge on any atom is -0.404 e. The van der Waals surface area contributed by atoms with Crippen LogP contribution in [-0.2, 0) is 16.9 Å². The summed E-state index contributed by atoms with van der Waals surface area (Å²) in [5, 5.41) is 1.62. The van der Waals surface area contributed by atoms with Crippen LogP contribution in [0.15, 0.2) is 36.4 Å². The highest BCUT2D eigenvalue weighted by molar-refractivity contribution is 7.46. The molecular formula is C15H9ClF6NO5P. The Bertz CT molecular complexity index is 956. The van der Waals surface area contributed by atoms with Gasteiger partial charge in [0.05, 0.1) is 11.1 Å². The maximum atomic E-state index is 12.9. The molecule has 6 nitrogen and oxygen atoms in total. The van der Waals surface area contributed by atoms with E-state index in [0.717, 1.165) is 18.2 Å². The van der Waals surface area contributed by atoms with Gasteiger partial charge in [0.2, 0.25) is 0 Å². The van der Waals surface area contributed by atoms with E-state index in [1.807, 2.05) is 5.32 Å². The number of hydrogen-bond acceptors (Lipinski definition) is 3. The number of carbonyl (C=O) groups is 1. The molecule has 0 heterocycles. The Morgan fingerprint density at radius 1 is 0.931 bits per heavy atom. The molecule has 0 saturated carbocycles. The zero-order valence-electron chi connectivity index (χ0n) is 13.7. The summed E-state index contributed by atoms with van der Waals surface area (Å²) in [5.41, 5.74) is -4.53. The number of carbonyl (C=O) groups excluding carboxylic acids is 1. The molecule has 0 radical (unpaired) electrons. The fourth-order valence-electron chi connectivity index (χ4n) is 2.11. The van der Waals surface area contributed by atoms with Gasteiger partial charge in [0.15, 0.2) is 0 Å². The van der Waals surface area contributed by atoms with E-state index in [4.69, 9.17) is 21.4 Å². The summed E-state index contributed by atoms with van der Waals surface area (Å²) < 4.78 is 92.4. The third kappa shape index (κ3) is 6.64. The molecular weight excluding hydrogens is 455 g/mol. The van der Waals surface area contributed by atoms with Crippen LogP contribution in [0.25, 0.3) is 0 Å². The second-order valence-corrected chi connectivity index (χ2v) is 7.11. The van der Waals surface area contributed by atoms with Crippen LogP contribution in [0.2, 0.25) is 5.02 Å². The molecule has 0 unspecified atom stereocenters. The quantitative estimate of drug-likeness (QED) is 0.433. The molecule has 2 rings (SSSR count). The summed E-state index contributed by atoms with van der Waals surface area (Å²) in [5.74, 6) is -1.74. The molecule has 2 aromatic rings. The first-order valence-corrected chi connectivity index (χ1v) is 9.12. The van der Waals surface area contributed by atoms with Gasteiger partial charge in [-0.1, -0.05) is 11.6 Å². The van der Waals surface area contributed by atoms with Crippen molar-refractivity contribution in [3.63, 3.8) is 0 Å². The summed E-state index contributed by atoms with van der Waals surface area (Å²) in [6.07, 6.45) is -10.2. The molecule has 1 amide bonds. The van der Waals surface area contributed by atoms with Crippen LogP contribution in [0.3, 0.4) is 0 Å². The average molecular weight is 464 g/mol. The van der Waals surface area contributed by atoms with Gasteiger partial charge >= 0.3 is 20.2 Å². The molecule has 0 spiro atoms. The Morgan fingerprint density at radius 3 is 1.90 bits per heavy atom. The van der Waals surface area contributed by atoms with Gasteiger partial charge in [-0.2, -0.15) is 26.3 Å². The van der Waals surface area contributed by atoms with Crippen molar-refractivity contribution in [2.75, 3.05) is 5.32 Å². The number of benzene rings is 2. The predicted octanol–water partition coefficient (Wildman–Crippen LogP) is 5.10. The first-order chi connectivity index (χ1) is 13.0. The zero-order chi connectivity index (χ0) is 22.2. The highest BCUT2D eigenvalue weighted by Gasteiger charge is 2.37. The molecule has 29 heavy (non-hydrogen) atoms. The molecule has 0 aliphatic heterocycles. The Morgan fingerprint density at radius 2 is 1.45 bits per heavy atom. The number of phosphoric ester groups is 1. The summed E-state index contributed by atoms with van der Waals surface area (Å²) in [6, 6.07) is 3.17. The topological polar surface area (TPSA) is 95.9 Å². The van der Waals surface area contributed by atoms with Crippen molar-refractivity contribution in [2.45, 2.75) is 12.4 Å². The van der Waals surface area contributed by atoms with E-state index in [1.165, 1.54) is 0 Å². The number of hydrogen-bond donors (Lipinski definition) is 3. The van der Waals surface area contributed by atoms with Crippen LogP contribution in [-0.4, -0.2) is 15.7 Å². The molecule has 0 atom stereocenters. The lowest BCUT2D eigenvalue weighted by Crippen LogP contribution is -2.16. The zero-order valence-corrected chi connectivity index (χ0v) is 15.3. The van der Waals surface area contributed by atoms with Gasteiger partial charge in [-0.05, 0) is 36.4 Å². The minimum atomic E-state index is -5.11. The van der Waals surface area contributed by atoms with Gasteiger partial charge in [0.25, 0.3) is 5.91 Å². The van der Waals surface area contributed by atoms with Crippen LogP contribution < -0.4 is 9.84 Å². The number of anilines is 1. The molecule has 14 heteroatoms. The van der Waals surface area contributed by atoms with Crippen LogP contribution in [0.4, 0.5) is 32.0 Å². The molecule has 3 N–H and O–H groups in total. The molecule has 0 aliphatic rings. The highest BCUT2D eigenvalue weighted by atomic mass is 35.5. The van der Waals surface area contributed by atoms with Gasteiger partial charge in [-0.3, -0.25) is 14.6 Å². The molecule has 0 aromatic heterocycles. The molecule has 0 aliphatic carbocycles. The van der Waals surface area contributed by atoms with Crippen molar-refractivity contribution < 1.29 is 50.0 Å². The highest BCUT2D eigenvalue weighted by Crippen LogP contribution is 2.39. The Kier molecular flexibility index (Phi) is 6.24. The largest absolute Gasteiger partial charge is 0.524 e.